The number of pyridine rings is 2. The zero-order valence-electron chi connectivity index (χ0n) is 17.4. The minimum Gasteiger partial charge on any atom is -0.496 e. The van der Waals surface area contributed by atoms with Crippen LogP contribution in [0.5, 0.6) is 5.75 Å². The summed E-state index contributed by atoms with van der Waals surface area (Å²) in [5.41, 5.74) is 2.67. The number of nitrogens with zero attached hydrogens (tertiary/aromatic N) is 7. The molecule has 0 spiro atoms. The molecule has 0 atom stereocenters. The van der Waals surface area contributed by atoms with Gasteiger partial charge in [0.2, 0.25) is 0 Å². The van der Waals surface area contributed by atoms with Crippen molar-refractivity contribution < 1.29 is 9.13 Å². The summed E-state index contributed by atoms with van der Waals surface area (Å²) in [6.07, 6.45) is 6.34. The van der Waals surface area contributed by atoms with Crippen LogP contribution < -0.4 is 10.4 Å². The lowest BCUT2D eigenvalue weighted by atomic mass is 10.0. The summed E-state index contributed by atoms with van der Waals surface area (Å²) in [5, 5.41) is 13.9. The van der Waals surface area contributed by atoms with E-state index in [9.17, 15) is 9.18 Å². The highest BCUT2D eigenvalue weighted by Crippen LogP contribution is 2.36. The Labute approximate surface area is 180 Å². The summed E-state index contributed by atoms with van der Waals surface area (Å²) in [4.78, 5) is 21.7. The minimum absolute atomic E-state index is 0.0645. The molecule has 0 saturated heterocycles. The second-order valence-electron chi connectivity index (χ2n) is 7.28. The molecule has 0 aliphatic carbocycles. The summed E-state index contributed by atoms with van der Waals surface area (Å²) in [6, 6.07) is 6.51. The molecule has 0 N–H and O–H groups in total. The third-order valence-corrected chi connectivity index (χ3v) is 5.38. The first-order valence-electron chi connectivity index (χ1n) is 9.56. The summed E-state index contributed by atoms with van der Waals surface area (Å²) in [5.74, 6) is -0.375. The Morgan fingerprint density at radius 1 is 1.12 bits per heavy atom. The molecule has 10 heteroatoms. The minimum atomic E-state index is -0.774. The normalized spacial score (nSPS) is 11.2. The zero-order chi connectivity index (χ0) is 22.6. The highest BCUT2D eigenvalue weighted by atomic mass is 19.1. The van der Waals surface area contributed by atoms with E-state index in [4.69, 9.17) is 10.00 Å². The summed E-state index contributed by atoms with van der Waals surface area (Å²) < 4.78 is 24.7. The van der Waals surface area contributed by atoms with Gasteiger partial charge in [0.25, 0.3) is 0 Å². The molecule has 0 bridgehead atoms. The summed E-state index contributed by atoms with van der Waals surface area (Å²) in [7, 11) is 4.96. The van der Waals surface area contributed by atoms with Gasteiger partial charge in [-0.05, 0) is 12.1 Å². The summed E-state index contributed by atoms with van der Waals surface area (Å²) in [6.45, 7) is 0. The maximum absolute atomic E-state index is 14.9. The molecule has 0 aliphatic heterocycles. The van der Waals surface area contributed by atoms with Crippen LogP contribution in [0.4, 0.5) is 4.39 Å². The average molecular weight is 429 g/mol. The fraction of sp³-hybridized carbons (Fsp3) is 0.136. The van der Waals surface area contributed by atoms with Crippen molar-refractivity contribution in [3.05, 3.63) is 64.9 Å². The predicted molar refractivity (Wildman–Crippen MR) is 115 cm³/mol. The van der Waals surface area contributed by atoms with Crippen molar-refractivity contribution in [2.75, 3.05) is 7.11 Å². The van der Waals surface area contributed by atoms with E-state index in [0.717, 1.165) is 17.2 Å². The quantitative estimate of drug-likeness (QED) is 0.437. The first-order valence-corrected chi connectivity index (χ1v) is 9.56. The smallest absolute Gasteiger partial charge is 0.334 e. The molecule has 1 aromatic carbocycles. The van der Waals surface area contributed by atoms with Crippen molar-refractivity contribution >= 4 is 21.9 Å². The van der Waals surface area contributed by atoms with Crippen LogP contribution in [0.15, 0.2) is 47.8 Å². The Bertz CT molecular complexity index is 1640. The first-order chi connectivity index (χ1) is 15.4. The van der Waals surface area contributed by atoms with Gasteiger partial charge in [0.1, 0.15) is 11.8 Å². The molecule has 0 fully saturated rings. The number of aryl methyl sites for hydroxylation is 2. The lowest BCUT2D eigenvalue weighted by molar-refractivity contribution is 0.417. The number of methoxy groups -OCH3 is 1. The topological polar surface area (TPSA) is 104 Å². The number of nitriles is 1. The van der Waals surface area contributed by atoms with Crippen molar-refractivity contribution in [2.45, 2.75) is 0 Å². The van der Waals surface area contributed by atoms with Gasteiger partial charge in [-0.15, -0.1) is 0 Å². The van der Waals surface area contributed by atoms with Crippen LogP contribution in [0.1, 0.15) is 5.56 Å². The van der Waals surface area contributed by atoms with Crippen molar-refractivity contribution in [3.63, 3.8) is 0 Å². The molecule has 0 aliphatic rings. The molecule has 5 aromatic rings. The largest absolute Gasteiger partial charge is 0.496 e. The predicted octanol–water partition coefficient (Wildman–Crippen LogP) is 2.69. The molecule has 4 aromatic heterocycles. The molecule has 0 amide bonds. The van der Waals surface area contributed by atoms with E-state index in [0.29, 0.717) is 27.7 Å². The highest BCUT2D eigenvalue weighted by Gasteiger charge is 2.21. The maximum atomic E-state index is 14.9. The van der Waals surface area contributed by atoms with Crippen LogP contribution in [0.3, 0.4) is 0 Å². The molecule has 9 nitrogen and oxygen atoms in total. The molecule has 158 valence electrons. The van der Waals surface area contributed by atoms with Crippen molar-refractivity contribution in [1.29, 1.82) is 5.26 Å². The van der Waals surface area contributed by atoms with Crippen molar-refractivity contribution in [2.24, 2.45) is 14.1 Å². The van der Waals surface area contributed by atoms with Gasteiger partial charge in [-0.2, -0.15) is 10.4 Å². The molecule has 0 unspecified atom stereocenters. The molecule has 32 heavy (non-hydrogen) atoms. The lowest BCUT2D eigenvalue weighted by Gasteiger charge is -2.11. The highest BCUT2D eigenvalue weighted by molar-refractivity contribution is 6.05. The number of hydrogen-bond donors (Lipinski definition) is 0. The number of aromatic nitrogens is 6. The molecular weight excluding hydrogens is 413 g/mol. The third-order valence-electron chi connectivity index (χ3n) is 5.38. The van der Waals surface area contributed by atoms with Gasteiger partial charge in [0.05, 0.1) is 41.6 Å². The maximum Gasteiger partial charge on any atom is 0.334 e. The number of fused-ring (bicyclic) bond motifs is 3. The van der Waals surface area contributed by atoms with E-state index in [1.807, 2.05) is 25.4 Å². The van der Waals surface area contributed by atoms with Crippen LogP contribution in [0, 0.1) is 17.1 Å². The van der Waals surface area contributed by atoms with Gasteiger partial charge in [-0.25, -0.2) is 18.7 Å². The number of imidazole rings is 1. The van der Waals surface area contributed by atoms with Crippen molar-refractivity contribution in [3.8, 4) is 28.8 Å². The van der Waals surface area contributed by atoms with Gasteiger partial charge >= 0.3 is 5.69 Å². The summed E-state index contributed by atoms with van der Waals surface area (Å²) >= 11 is 0. The van der Waals surface area contributed by atoms with Gasteiger partial charge in [0, 0.05) is 49.1 Å². The fourth-order valence-electron chi connectivity index (χ4n) is 3.83. The van der Waals surface area contributed by atoms with Crippen molar-refractivity contribution in [1.82, 2.24) is 28.9 Å². The molecule has 4 heterocycles. The Hall–Kier alpha value is -4.52. The van der Waals surface area contributed by atoms with E-state index in [1.165, 1.54) is 15.3 Å². The number of benzene rings is 1. The van der Waals surface area contributed by atoms with Crippen LogP contribution in [-0.4, -0.2) is 36.0 Å². The zero-order valence-corrected chi connectivity index (χ0v) is 17.4. The fourth-order valence-corrected chi connectivity index (χ4v) is 3.83. The van der Waals surface area contributed by atoms with Crippen LogP contribution in [-0.2, 0) is 14.1 Å². The van der Waals surface area contributed by atoms with E-state index < -0.39 is 11.5 Å². The Balaban J connectivity index is 1.92. The number of ether oxygens (including phenoxy) is 1. The molecule has 0 saturated carbocycles. The van der Waals surface area contributed by atoms with E-state index in [-0.39, 0.29) is 11.4 Å². The SMILES string of the molecule is COc1cc2ncc3c(c2cc1-c1cnn(C)c1)n(-c1ncc(C#N)cc1F)c(=O)n3C. The average Bonchev–Trinajstić information content (AvgIpc) is 3.34. The standard InChI is InChI=1S/C22H16FN7O2/c1-28-11-13(9-27-28)14-5-15-17(6-19(14)32-3)25-10-18-20(15)30(22(31)29(18)2)21-16(23)4-12(7-24)8-26-21/h4-6,8-11H,1-3H3. The Morgan fingerprint density at radius 2 is 1.94 bits per heavy atom. The van der Waals surface area contributed by atoms with Crippen LogP contribution in [0.25, 0.3) is 38.9 Å². The van der Waals surface area contributed by atoms with Gasteiger partial charge < -0.3 is 4.74 Å². The van der Waals surface area contributed by atoms with E-state index in [2.05, 4.69) is 15.1 Å². The number of rotatable bonds is 3. The Morgan fingerprint density at radius 3 is 2.59 bits per heavy atom. The van der Waals surface area contributed by atoms with E-state index in [1.54, 1.807) is 37.3 Å². The van der Waals surface area contributed by atoms with E-state index >= 15 is 0 Å². The first kappa shape index (κ1) is 19.4. The molecule has 5 rings (SSSR count). The van der Waals surface area contributed by atoms with Crippen LogP contribution >= 0.6 is 0 Å². The number of halogens is 1. The Kier molecular flexibility index (Phi) is 4.27. The van der Waals surface area contributed by atoms with Gasteiger partial charge in [0.15, 0.2) is 11.6 Å². The van der Waals surface area contributed by atoms with Gasteiger partial charge in [-0.3, -0.25) is 14.2 Å². The van der Waals surface area contributed by atoms with Crippen LogP contribution in [0.2, 0.25) is 0 Å². The number of hydrogen-bond acceptors (Lipinski definition) is 6. The monoisotopic (exact) mass is 429 g/mol. The molecule has 0 radical (unpaired) electrons. The lowest BCUT2D eigenvalue weighted by Crippen LogP contribution is -2.22. The van der Waals surface area contributed by atoms with Gasteiger partial charge in [-0.1, -0.05) is 0 Å². The molecular formula is C22H16FN7O2. The second-order valence-corrected chi connectivity index (χ2v) is 7.28. The second kappa shape index (κ2) is 7.02. The third kappa shape index (κ3) is 2.75.